The molecule has 134 valence electrons. The standard InChI is InChI=1S/C25H19N3/c1-4-10-20(11-5-1)16-18-23-26-24(19-17-21-12-6-2-7-13-21)28-25(27-23)22-14-8-3-9-15-22/h1-19H. The van der Waals surface area contributed by atoms with Crippen LogP contribution in [0, 0.1) is 0 Å². The van der Waals surface area contributed by atoms with Crippen molar-refractivity contribution >= 4 is 24.3 Å². The largest absolute Gasteiger partial charge is 0.209 e. The molecule has 4 rings (SSSR count). The predicted molar refractivity (Wildman–Crippen MR) is 116 cm³/mol. The van der Waals surface area contributed by atoms with Gasteiger partial charge in [0.1, 0.15) is 0 Å². The van der Waals surface area contributed by atoms with Gasteiger partial charge in [0.15, 0.2) is 17.5 Å². The van der Waals surface area contributed by atoms with E-state index in [1.165, 1.54) is 0 Å². The molecule has 0 fully saturated rings. The van der Waals surface area contributed by atoms with Gasteiger partial charge < -0.3 is 0 Å². The van der Waals surface area contributed by atoms with Gasteiger partial charge in [0, 0.05) is 5.56 Å². The maximum absolute atomic E-state index is 4.63. The summed E-state index contributed by atoms with van der Waals surface area (Å²) in [5.74, 6) is 1.92. The fourth-order valence-electron chi connectivity index (χ4n) is 2.74. The maximum Gasteiger partial charge on any atom is 0.164 e. The molecule has 3 aromatic carbocycles. The van der Waals surface area contributed by atoms with Crippen LogP contribution in [0.3, 0.4) is 0 Å². The minimum Gasteiger partial charge on any atom is -0.209 e. The van der Waals surface area contributed by atoms with E-state index in [9.17, 15) is 0 Å². The van der Waals surface area contributed by atoms with Crippen LogP contribution in [0.4, 0.5) is 0 Å². The second kappa shape index (κ2) is 8.69. The third-order valence-electron chi connectivity index (χ3n) is 4.15. The molecule has 0 radical (unpaired) electrons. The average molecular weight is 361 g/mol. The Labute approximate surface area is 164 Å². The third kappa shape index (κ3) is 4.65. The molecule has 0 aliphatic carbocycles. The molecule has 4 aromatic rings. The van der Waals surface area contributed by atoms with Gasteiger partial charge in [-0.1, -0.05) is 103 Å². The van der Waals surface area contributed by atoms with Crippen LogP contribution in [0.1, 0.15) is 22.8 Å². The van der Waals surface area contributed by atoms with Crippen LogP contribution < -0.4 is 0 Å². The minimum atomic E-state index is 0.630. The Bertz CT molecular complexity index is 1020. The summed E-state index contributed by atoms with van der Waals surface area (Å²) in [4.78, 5) is 13.9. The van der Waals surface area contributed by atoms with Gasteiger partial charge in [0.2, 0.25) is 0 Å². The van der Waals surface area contributed by atoms with Crippen molar-refractivity contribution in [2.75, 3.05) is 0 Å². The summed E-state index contributed by atoms with van der Waals surface area (Å²) in [6, 6.07) is 30.2. The highest BCUT2D eigenvalue weighted by molar-refractivity contribution is 5.70. The van der Waals surface area contributed by atoms with Crippen LogP contribution in [-0.4, -0.2) is 15.0 Å². The van der Waals surface area contributed by atoms with Gasteiger partial charge in [0.25, 0.3) is 0 Å². The summed E-state index contributed by atoms with van der Waals surface area (Å²) in [7, 11) is 0. The molecule has 1 heterocycles. The molecule has 0 bridgehead atoms. The lowest BCUT2D eigenvalue weighted by molar-refractivity contribution is 1.02. The molecule has 0 spiro atoms. The highest BCUT2D eigenvalue weighted by Crippen LogP contribution is 2.16. The normalized spacial score (nSPS) is 11.3. The van der Waals surface area contributed by atoms with Gasteiger partial charge in [-0.2, -0.15) is 0 Å². The average Bonchev–Trinajstić information content (AvgIpc) is 2.78. The highest BCUT2D eigenvalue weighted by Gasteiger charge is 2.05. The Morgan fingerprint density at radius 1 is 0.429 bits per heavy atom. The first kappa shape index (κ1) is 17.6. The molecule has 0 aliphatic rings. The zero-order chi connectivity index (χ0) is 19.0. The van der Waals surface area contributed by atoms with Gasteiger partial charge in [-0.15, -0.1) is 0 Å². The van der Waals surface area contributed by atoms with Gasteiger partial charge in [0.05, 0.1) is 0 Å². The molecule has 0 atom stereocenters. The lowest BCUT2D eigenvalue weighted by Crippen LogP contribution is -1.99. The lowest BCUT2D eigenvalue weighted by atomic mass is 10.2. The summed E-state index contributed by atoms with van der Waals surface area (Å²) in [6.45, 7) is 0. The van der Waals surface area contributed by atoms with E-state index in [1.807, 2.05) is 115 Å². The molecule has 0 aliphatic heterocycles. The molecule has 3 nitrogen and oxygen atoms in total. The zero-order valence-electron chi connectivity index (χ0n) is 15.3. The van der Waals surface area contributed by atoms with Crippen LogP contribution >= 0.6 is 0 Å². The van der Waals surface area contributed by atoms with Crippen molar-refractivity contribution in [2.24, 2.45) is 0 Å². The summed E-state index contributed by atoms with van der Waals surface area (Å²) >= 11 is 0. The molecule has 0 saturated carbocycles. The first-order valence-corrected chi connectivity index (χ1v) is 9.15. The van der Waals surface area contributed by atoms with Crippen molar-refractivity contribution in [3.05, 3.63) is 114 Å². The predicted octanol–water partition coefficient (Wildman–Crippen LogP) is 5.88. The van der Waals surface area contributed by atoms with Crippen molar-refractivity contribution in [1.29, 1.82) is 0 Å². The van der Waals surface area contributed by atoms with Gasteiger partial charge in [-0.3, -0.25) is 0 Å². The monoisotopic (exact) mass is 361 g/mol. The minimum absolute atomic E-state index is 0.630. The lowest BCUT2D eigenvalue weighted by Gasteiger charge is -2.03. The molecule has 0 saturated heterocycles. The summed E-state index contributed by atoms with van der Waals surface area (Å²) in [6.07, 6.45) is 7.86. The molecular formula is C25H19N3. The SMILES string of the molecule is C(=Cc1nc(C=Cc2ccccc2)nc(-c2ccccc2)n1)c1ccccc1. The van der Waals surface area contributed by atoms with Crippen LogP contribution in [-0.2, 0) is 0 Å². The smallest absolute Gasteiger partial charge is 0.164 e. The van der Waals surface area contributed by atoms with Crippen molar-refractivity contribution < 1.29 is 0 Å². The van der Waals surface area contributed by atoms with Gasteiger partial charge in [-0.25, -0.2) is 15.0 Å². The molecule has 28 heavy (non-hydrogen) atoms. The molecule has 0 N–H and O–H groups in total. The summed E-state index contributed by atoms with van der Waals surface area (Å²) in [5.41, 5.74) is 3.17. The number of hydrogen-bond donors (Lipinski definition) is 0. The van der Waals surface area contributed by atoms with Crippen LogP contribution in [0.15, 0.2) is 91.0 Å². The topological polar surface area (TPSA) is 38.7 Å². The van der Waals surface area contributed by atoms with E-state index >= 15 is 0 Å². The fourth-order valence-corrected chi connectivity index (χ4v) is 2.74. The first-order valence-electron chi connectivity index (χ1n) is 9.15. The number of nitrogens with zero attached hydrogens (tertiary/aromatic N) is 3. The Morgan fingerprint density at radius 2 is 0.857 bits per heavy atom. The zero-order valence-corrected chi connectivity index (χ0v) is 15.3. The van der Waals surface area contributed by atoms with E-state index in [0.29, 0.717) is 17.5 Å². The quantitative estimate of drug-likeness (QED) is 0.445. The van der Waals surface area contributed by atoms with E-state index in [2.05, 4.69) is 15.0 Å². The first-order chi connectivity index (χ1) is 13.9. The van der Waals surface area contributed by atoms with Crippen molar-refractivity contribution in [3.63, 3.8) is 0 Å². The fraction of sp³-hybridized carbons (Fsp3) is 0. The second-order valence-corrected chi connectivity index (χ2v) is 6.23. The Kier molecular flexibility index (Phi) is 5.45. The highest BCUT2D eigenvalue weighted by atomic mass is 15.0. The number of benzene rings is 3. The summed E-state index contributed by atoms with van der Waals surface area (Å²) < 4.78 is 0. The summed E-state index contributed by atoms with van der Waals surface area (Å²) in [5, 5.41) is 0. The number of aromatic nitrogens is 3. The van der Waals surface area contributed by atoms with Crippen molar-refractivity contribution in [1.82, 2.24) is 15.0 Å². The molecule has 1 aromatic heterocycles. The molecule has 0 unspecified atom stereocenters. The van der Waals surface area contributed by atoms with Gasteiger partial charge in [-0.05, 0) is 23.3 Å². The van der Waals surface area contributed by atoms with Crippen molar-refractivity contribution in [3.8, 4) is 11.4 Å². The Hall–Kier alpha value is -3.85. The molecule has 0 amide bonds. The maximum atomic E-state index is 4.63. The second-order valence-electron chi connectivity index (χ2n) is 6.23. The van der Waals surface area contributed by atoms with Gasteiger partial charge >= 0.3 is 0 Å². The van der Waals surface area contributed by atoms with Crippen LogP contribution in [0.2, 0.25) is 0 Å². The Morgan fingerprint density at radius 3 is 1.32 bits per heavy atom. The third-order valence-corrected chi connectivity index (χ3v) is 4.15. The molecule has 3 heteroatoms. The van der Waals surface area contributed by atoms with E-state index in [1.54, 1.807) is 0 Å². The number of hydrogen-bond acceptors (Lipinski definition) is 3. The van der Waals surface area contributed by atoms with E-state index in [4.69, 9.17) is 0 Å². The van der Waals surface area contributed by atoms with E-state index in [-0.39, 0.29) is 0 Å². The van der Waals surface area contributed by atoms with Crippen LogP contribution in [0.25, 0.3) is 35.7 Å². The van der Waals surface area contributed by atoms with Crippen molar-refractivity contribution in [2.45, 2.75) is 0 Å². The van der Waals surface area contributed by atoms with Crippen LogP contribution in [0.5, 0.6) is 0 Å². The molecular weight excluding hydrogens is 342 g/mol. The number of rotatable bonds is 5. The van der Waals surface area contributed by atoms with E-state index in [0.717, 1.165) is 16.7 Å². The Balaban J connectivity index is 1.71. The van der Waals surface area contributed by atoms with E-state index < -0.39 is 0 Å².